The van der Waals surface area contributed by atoms with Crippen molar-refractivity contribution in [3.63, 3.8) is 0 Å². The predicted octanol–water partition coefficient (Wildman–Crippen LogP) is 3.96. The highest BCUT2D eigenvalue weighted by Crippen LogP contribution is 2.45. The number of anilines is 1. The van der Waals surface area contributed by atoms with Crippen molar-refractivity contribution in [2.45, 2.75) is 63.5 Å². The smallest absolute Gasteiger partial charge is 0.0711 e. The third-order valence-corrected chi connectivity index (χ3v) is 6.22. The van der Waals surface area contributed by atoms with Crippen molar-refractivity contribution in [3.8, 4) is 0 Å². The summed E-state index contributed by atoms with van der Waals surface area (Å²) in [5.41, 5.74) is 2.81. The Morgan fingerprint density at radius 2 is 1.86 bits per heavy atom. The van der Waals surface area contributed by atoms with Crippen molar-refractivity contribution in [1.29, 1.82) is 0 Å². The van der Waals surface area contributed by atoms with Gasteiger partial charge < -0.3 is 9.80 Å². The first-order chi connectivity index (χ1) is 10.5. The van der Waals surface area contributed by atoms with Gasteiger partial charge in [-0.1, -0.05) is 20.3 Å². The molecule has 1 aromatic rings. The van der Waals surface area contributed by atoms with Crippen LogP contribution in [0.1, 0.15) is 51.6 Å². The Kier molecular flexibility index (Phi) is 3.73. The van der Waals surface area contributed by atoms with Gasteiger partial charge in [0.25, 0.3) is 0 Å². The summed E-state index contributed by atoms with van der Waals surface area (Å²) in [6, 6.07) is 3.81. The Labute approximate surface area is 142 Å². The highest BCUT2D eigenvalue weighted by Gasteiger charge is 2.44. The molecule has 22 heavy (non-hydrogen) atoms. The third-order valence-electron chi connectivity index (χ3n) is 5.79. The van der Waals surface area contributed by atoms with Gasteiger partial charge >= 0.3 is 0 Å². The molecule has 1 aliphatic carbocycles. The van der Waals surface area contributed by atoms with Gasteiger partial charge in [0.15, 0.2) is 0 Å². The standard InChI is InChI=1S/C18H26BrN3/c1-18(2)12-22(16-8-13(19)11-20-17(16)18)15-9-14(10-15)21-6-4-3-5-7-21/h8,11,14-15H,3-7,9-10,12H2,1-2H3. The van der Waals surface area contributed by atoms with E-state index in [1.807, 2.05) is 6.20 Å². The molecule has 4 rings (SSSR count). The topological polar surface area (TPSA) is 19.4 Å². The van der Waals surface area contributed by atoms with Gasteiger partial charge in [-0.2, -0.15) is 0 Å². The Morgan fingerprint density at radius 3 is 2.59 bits per heavy atom. The molecule has 120 valence electrons. The average molecular weight is 364 g/mol. The van der Waals surface area contributed by atoms with Crippen LogP contribution in [0.25, 0.3) is 0 Å². The minimum absolute atomic E-state index is 0.173. The van der Waals surface area contributed by atoms with Crippen LogP contribution in [0.4, 0.5) is 5.69 Å². The Hall–Kier alpha value is -0.610. The molecule has 0 radical (unpaired) electrons. The molecule has 3 nitrogen and oxygen atoms in total. The number of pyridine rings is 1. The molecule has 4 heteroatoms. The Morgan fingerprint density at radius 1 is 1.14 bits per heavy atom. The number of aromatic nitrogens is 1. The van der Waals surface area contributed by atoms with Crippen LogP contribution in [-0.4, -0.2) is 41.6 Å². The van der Waals surface area contributed by atoms with Gasteiger partial charge in [-0.25, -0.2) is 0 Å². The van der Waals surface area contributed by atoms with Crippen LogP contribution in [0.2, 0.25) is 0 Å². The second-order valence-electron chi connectivity index (χ2n) is 7.91. The second-order valence-corrected chi connectivity index (χ2v) is 8.82. The molecule has 0 aromatic carbocycles. The van der Waals surface area contributed by atoms with Gasteiger partial charge in [0.2, 0.25) is 0 Å². The Bertz CT molecular complexity index is 559. The molecule has 0 unspecified atom stereocenters. The normalized spacial score (nSPS) is 31.0. The summed E-state index contributed by atoms with van der Waals surface area (Å²) in [5.74, 6) is 0. The van der Waals surface area contributed by atoms with E-state index in [1.165, 1.54) is 56.6 Å². The zero-order valence-corrected chi connectivity index (χ0v) is 15.3. The van der Waals surface area contributed by atoms with E-state index in [4.69, 9.17) is 4.98 Å². The van der Waals surface area contributed by atoms with Gasteiger partial charge in [0.1, 0.15) is 0 Å². The van der Waals surface area contributed by atoms with E-state index in [2.05, 4.69) is 45.6 Å². The van der Waals surface area contributed by atoms with Crippen molar-refractivity contribution in [2.75, 3.05) is 24.5 Å². The first-order valence-corrected chi connectivity index (χ1v) is 9.51. The fraction of sp³-hybridized carbons (Fsp3) is 0.722. The van der Waals surface area contributed by atoms with Crippen LogP contribution < -0.4 is 4.90 Å². The lowest BCUT2D eigenvalue weighted by Crippen LogP contribution is -2.55. The largest absolute Gasteiger partial charge is 0.366 e. The number of likely N-dealkylation sites (tertiary alicyclic amines) is 1. The van der Waals surface area contributed by atoms with E-state index in [9.17, 15) is 0 Å². The fourth-order valence-electron chi connectivity index (χ4n) is 4.48. The quantitative estimate of drug-likeness (QED) is 0.792. The molecule has 0 spiro atoms. The molecule has 0 bridgehead atoms. The minimum atomic E-state index is 0.173. The maximum absolute atomic E-state index is 4.71. The maximum Gasteiger partial charge on any atom is 0.0711 e. The Balaban J connectivity index is 1.48. The lowest BCUT2D eigenvalue weighted by molar-refractivity contribution is 0.0873. The highest BCUT2D eigenvalue weighted by molar-refractivity contribution is 9.10. The maximum atomic E-state index is 4.71. The van der Waals surface area contributed by atoms with Gasteiger partial charge in [0, 0.05) is 34.7 Å². The number of piperidine rings is 1. The highest BCUT2D eigenvalue weighted by atomic mass is 79.9. The van der Waals surface area contributed by atoms with Gasteiger partial charge in [-0.15, -0.1) is 0 Å². The molecular formula is C18H26BrN3. The molecule has 3 heterocycles. The third kappa shape index (κ3) is 2.48. The molecular weight excluding hydrogens is 338 g/mol. The summed E-state index contributed by atoms with van der Waals surface area (Å²) in [6.07, 6.45) is 8.85. The van der Waals surface area contributed by atoms with Crippen LogP contribution in [0.5, 0.6) is 0 Å². The van der Waals surface area contributed by atoms with E-state index < -0.39 is 0 Å². The summed E-state index contributed by atoms with van der Waals surface area (Å²) < 4.78 is 1.10. The molecule has 2 aliphatic heterocycles. The molecule has 0 amide bonds. The number of rotatable bonds is 2. The lowest BCUT2D eigenvalue weighted by Gasteiger charge is -2.48. The van der Waals surface area contributed by atoms with E-state index in [-0.39, 0.29) is 5.41 Å². The molecule has 1 saturated heterocycles. The predicted molar refractivity (Wildman–Crippen MR) is 94.5 cm³/mol. The second kappa shape index (κ2) is 5.48. The number of hydrogen-bond acceptors (Lipinski definition) is 3. The number of fused-ring (bicyclic) bond motifs is 1. The van der Waals surface area contributed by atoms with Gasteiger partial charge in [0.05, 0.1) is 11.4 Å². The first kappa shape index (κ1) is 14.9. The van der Waals surface area contributed by atoms with Crippen molar-refractivity contribution >= 4 is 21.6 Å². The molecule has 1 saturated carbocycles. The SMILES string of the molecule is CC1(C)CN(C2CC(N3CCCCC3)C2)c2cc(Br)cnc21. The number of hydrogen-bond donors (Lipinski definition) is 0. The minimum Gasteiger partial charge on any atom is -0.366 e. The molecule has 1 aromatic heterocycles. The number of halogens is 1. The van der Waals surface area contributed by atoms with Crippen LogP contribution >= 0.6 is 15.9 Å². The van der Waals surface area contributed by atoms with Crippen LogP contribution in [0, 0.1) is 0 Å². The summed E-state index contributed by atoms with van der Waals surface area (Å²) in [6.45, 7) is 8.42. The summed E-state index contributed by atoms with van der Waals surface area (Å²) in [5, 5.41) is 0. The van der Waals surface area contributed by atoms with Crippen LogP contribution in [0.3, 0.4) is 0 Å². The first-order valence-electron chi connectivity index (χ1n) is 8.71. The average Bonchev–Trinajstić information content (AvgIpc) is 2.70. The zero-order valence-electron chi connectivity index (χ0n) is 13.7. The van der Waals surface area contributed by atoms with Crippen molar-refractivity contribution in [2.24, 2.45) is 0 Å². The molecule has 2 fully saturated rings. The van der Waals surface area contributed by atoms with E-state index in [1.54, 1.807) is 0 Å². The van der Waals surface area contributed by atoms with E-state index in [0.717, 1.165) is 17.1 Å². The van der Waals surface area contributed by atoms with Crippen molar-refractivity contribution in [1.82, 2.24) is 9.88 Å². The van der Waals surface area contributed by atoms with E-state index in [0.29, 0.717) is 6.04 Å². The molecule has 0 N–H and O–H groups in total. The van der Waals surface area contributed by atoms with Crippen molar-refractivity contribution in [3.05, 3.63) is 22.4 Å². The molecule has 3 aliphatic rings. The summed E-state index contributed by atoms with van der Waals surface area (Å²) in [4.78, 5) is 10.1. The van der Waals surface area contributed by atoms with Gasteiger partial charge in [-0.05, 0) is 60.8 Å². The zero-order chi connectivity index (χ0) is 15.3. The summed E-state index contributed by atoms with van der Waals surface area (Å²) >= 11 is 3.60. The summed E-state index contributed by atoms with van der Waals surface area (Å²) in [7, 11) is 0. The van der Waals surface area contributed by atoms with Gasteiger partial charge in [-0.3, -0.25) is 4.98 Å². The number of nitrogens with zero attached hydrogens (tertiary/aromatic N) is 3. The van der Waals surface area contributed by atoms with Crippen molar-refractivity contribution < 1.29 is 0 Å². The lowest BCUT2D eigenvalue weighted by atomic mass is 9.83. The molecule has 0 atom stereocenters. The van der Waals surface area contributed by atoms with Crippen LogP contribution in [0.15, 0.2) is 16.7 Å². The monoisotopic (exact) mass is 363 g/mol. The van der Waals surface area contributed by atoms with Crippen LogP contribution in [-0.2, 0) is 5.41 Å². The fourth-order valence-corrected chi connectivity index (χ4v) is 4.80. The van der Waals surface area contributed by atoms with E-state index >= 15 is 0 Å².